The van der Waals surface area contributed by atoms with Crippen LogP contribution in [0.2, 0.25) is 0 Å². The molecule has 9 heteroatoms. The van der Waals surface area contributed by atoms with Crippen LogP contribution in [0.4, 0.5) is 0 Å². The second kappa shape index (κ2) is 16.3. The molecule has 1 aliphatic carbocycles. The molecule has 0 radical (unpaired) electrons. The molecule has 1 fully saturated rings. The Morgan fingerprint density at radius 2 is 0.711 bits per heavy atom. The van der Waals surface area contributed by atoms with Crippen molar-refractivity contribution in [2.24, 2.45) is 0 Å². The third kappa shape index (κ3) is 9.15. The van der Waals surface area contributed by atoms with Gasteiger partial charge in [0.05, 0.1) is 0 Å². The maximum Gasteiger partial charge on any atom is 0.359 e. The maximum absolute atomic E-state index is 6.57. The summed E-state index contributed by atoms with van der Waals surface area (Å²) in [4.78, 5) is 0. The molecule has 2 atom stereocenters. The van der Waals surface area contributed by atoms with Gasteiger partial charge in [-0.3, -0.25) is 0 Å². The third-order valence-corrected chi connectivity index (χ3v) is 10.6. The molecule has 0 heterocycles. The molecule has 0 spiro atoms. The Labute approximate surface area is 243 Å². The molecule has 4 aromatic rings. The van der Waals surface area contributed by atoms with Crippen LogP contribution in [0.25, 0.3) is 0 Å². The number of hydrogen-bond donors (Lipinski definition) is 0. The van der Waals surface area contributed by atoms with Crippen LogP contribution in [-0.4, -0.2) is 11.3 Å². The number of hydrogen-bond acceptors (Lipinski definition) is 4. The Morgan fingerprint density at radius 1 is 0.474 bits per heavy atom. The molecule has 0 saturated heterocycles. The van der Waals surface area contributed by atoms with Gasteiger partial charge in [0.15, 0.2) is 34.3 Å². The molecule has 0 N–H and O–H groups in total. The Kier molecular flexibility index (Phi) is 12.6. The van der Waals surface area contributed by atoms with Crippen molar-refractivity contribution in [1.29, 1.82) is 0 Å². The van der Waals surface area contributed by atoms with E-state index in [0.29, 0.717) is 0 Å². The molecule has 202 valence electrons. The number of benzene rings is 4. The summed E-state index contributed by atoms with van der Waals surface area (Å²) in [6, 6.07) is 39.9. The average molecular weight is 770 g/mol. The summed E-state index contributed by atoms with van der Waals surface area (Å²) < 4.78 is 26.3. The van der Waals surface area contributed by atoms with Crippen LogP contribution in [0.15, 0.2) is 121 Å². The molecule has 1 aliphatic rings. The molecule has 38 heavy (non-hydrogen) atoms. The van der Waals surface area contributed by atoms with Gasteiger partial charge in [-0.05, 0) is 67.8 Å². The normalized spacial score (nSPS) is 16.5. The van der Waals surface area contributed by atoms with Crippen molar-refractivity contribution in [3.63, 3.8) is 0 Å². The van der Waals surface area contributed by atoms with Gasteiger partial charge in [0.1, 0.15) is 0 Å². The van der Waals surface area contributed by atoms with Gasteiger partial charge in [0, 0.05) is 0 Å². The predicted molar refractivity (Wildman–Crippen MR) is 158 cm³/mol. The fourth-order valence-corrected chi connectivity index (χ4v) is 9.14. The molecular formula is C29H30Cl2O4P2Pt+2. The van der Waals surface area contributed by atoms with E-state index in [1.165, 1.54) is 0 Å². The molecule has 0 amide bonds. The minimum absolute atomic E-state index is 0.224. The predicted octanol–water partition coefficient (Wildman–Crippen LogP) is 9.69. The van der Waals surface area contributed by atoms with Gasteiger partial charge in [0.25, 0.3) is 0 Å². The molecular weight excluding hydrogens is 740 g/mol. The standard InChI is InChI=1S/C29H28O4P2.2ClH.Pt/c1-5-14-24(15-6-1)30-34(31-25-16-7-2-8-17-25)28-22-13-23-29(28)35(32-26-18-9-3-10-19-26)33-27-20-11-4-12-21-27;;;/h1-12,14-21,28-29H,13,22-23H2;2*1H;/q;;;+2. The van der Waals surface area contributed by atoms with Crippen LogP contribution in [-0.2, 0) is 16.5 Å². The largest absolute Gasteiger partial charge is 0.359 e. The SMILES string of the molecule is [Cl][Pt][Cl].c1ccc(O[PH+](Oc2ccccc2)C2CCCC2[PH+](Oc2ccccc2)Oc2ccccc2)cc1. The van der Waals surface area contributed by atoms with E-state index in [2.05, 4.69) is 0 Å². The molecule has 0 aromatic heterocycles. The van der Waals surface area contributed by atoms with Gasteiger partial charge in [-0.1, -0.05) is 72.8 Å². The zero-order chi connectivity index (χ0) is 26.4. The van der Waals surface area contributed by atoms with Crippen LogP contribution in [0.5, 0.6) is 23.0 Å². The van der Waals surface area contributed by atoms with Crippen molar-refractivity contribution >= 4 is 35.6 Å². The van der Waals surface area contributed by atoms with Gasteiger partial charge in [-0.15, -0.1) is 0 Å². The maximum atomic E-state index is 6.57. The summed E-state index contributed by atoms with van der Waals surface area (Å²) in [5.41, 5.74) is 0.448. The van der Waals surface area contributed by atoms with Gasteiger partial charge in [-0.2, -0.15) is 0 Å². The van der Waals surface area contributed by atoms with Gasteiger partial charge >= 0.3 is 52.1 Å². The van der Waals surface area contributed by atoms with E-state index in [1.54, 1.807) is 0 Å². The fourth-order valence-electron chi connectivity index (χ4n) is 4.29. The van der Waals surface area contributed by atoms with E-state index in [4.69, 9.17) is 36.9 Å². The first kappa shape index (κ1) is 29.2. The topological polar surface area (TPSA) is 36.9 Å². The fraction of sp³-hybridized carbons (Fsp3) is 0.172. The van der Waals surface area contributed by atoms with Crippen LogP contribution in [0, 0.1) is 0 Å². The summed E-state index contributed by atoms with van der Waals surface area (Å²) in [7, 11) is 6.28. The Bertz CT molecular complexity index is 1000. The van der Waals surface area contributed by atoms with Crippen molar-refractivity contribution in [3.05, 3.63) is 121 Å². The van der Waals surface area contributed by atoms with Crippen LogP contribution < -0.4 is 18.1 Å². The Morgan fingerprint density at radius 3 is 0.947 bits per heavy atom. The molecule has 4 nitrogen and oxygen atoms in total. The summed E-state index contributed by atoms with van der Waals surface area (Å²) in [6.45, 7) is 0. The summed E-state index contributed by atoms with van der Waals surface area (Å²) in [6.07, 6.45) is 3.16. The molecule has 1 saturated carbocycles. The van der Waals surface area contributed by atoms with Crippen LogP contribution >= 0.6 is 35.6 Å². The average Bonchev–Trinajstić information content (AvgIpc) is 3.45. The second-order valence-electron chi connectivity index (χ2n) is 8.49. The number of halogens is 2. The number of rotatable bonds is 10. The van der Waals surface area contributed by atoms with Crippen molar-refractivity contribution in [2.75, 3.05) is 0 Å². The van der Waals surface area contributed by atoms with Gasteiger partial charge < -0.3 is 18.1 Å². The van der Waals surface area contributed by atoms with E-state index in [0.717, 1.165) is 42.3 Å². The monoisotopic (exact) mass is 769 g/mol. The van der Waals surface area contributed by atoms with Crippen molar-refractivity contribution < 1.29 is 34.6 Å². The van der Waals surface area contributed by atoms with Gasteiger partial charge in [0.2, 0.25) is 0 Å². The summed E-state index contributed by atoms with van der Waals surface area (Å²) >= 11 is -0.472. The summed E-state index contributed by atoms with van der Waals surface area (Å²) in [5, 5.41) is 0. The Hall–Kier alpha value is -1.79. The minimum atomic E-state index is -1.74. The van der Waals surface area contributed by atoms with Crippen molar-refractivity contribution in [2.45, 2.75) is 30.6 Å². The van der Waals surface area contributed by atoms with Gasteiger partial charge in [-0.25, -0.2) is 0 Å². The molecule has 2 unspecified atom stereocenters. The van der Waals surface area contributed by atoms with Crippen LogP contribution in [0.3, 0.4) is 0 Å². The first-order valence-corrected chi connectivity index (χ1v) is 20.7. The quantitative estimate of drug-likeness (QED) is 0.151. The minimum Gasteiger partial charge on any atom is -0.312 e. The molecule has 5 rings (SSSR count). The van der Waals surface area contributed by atoms with Crippen LogP contribution in [0.1, 0.15) is 19.3 Å². The van der Waals surface area contributed by atoms with Crippen molar-refractivity contribution in [3.8, 4) is 23.0 Å². The first-order valence-electron chi connectivity index (χ1n) is 12.2. The summed E-state index contributed by atoms with van der Waals surface area (Å²) in [5.74, 6) is 3.35. The van der Waals surface area contributed by atoms with E-state index >= 15 is 0 Å². The van der Waals surface area contributed by atoms with Crippen molar-refractivity contribution in [1.82, 2.24) is 0 Å². The zero-order valence-corrected chi connectivity index (χ0v) is 26.3. The zero-order valence-electron chi connectivity index (χ0n) is 20.5. The second-order valence-corrected chi connectivity index (χ2v) is 15.3. The smallest absolute Gasteiger partial charge is 0.312 e. The Balaban J connectivity index is 0.00000107. The molecule has 0 bridgehead atoms. The van der Waals surface area contributed by atoms with E-state index < -0.39 is 33.2 Å². The van der Waals surface area contributed by atoms with E-state index in [9.17, 15) is 0 Å². The molecule has 4 aromatic carbocycles. The van der Waals surface area contributed by atoms with E-state index in [-0.39, 0.29) is 11.3 Å². The molecule has 0 aliphatic heterocycles. The number of para-hydroxylation sites is 4. The third-order valence-electron chi connectivity index (χ3n) is 5.97. The first-order chi connectivity index (χ1) is 18.8. The van der Waals surface area contributed by atoms with E-state index in [1.807, 2.05) is 121 Å².